The fraction of sp³-hybridized carbons (Fsp3) is 1.00. The van der Waals surface area contributed by atoms with Crippen LogP contribution in [0.4, 0.5) is 0 Å². The monoisotopic (exact) mass is 269 g/mol. The van der Waals surface area contributed by atoms with Crippen LogP contribution in [0.2, 0.25) is 0 Å². The highest BCUT2D eigenvalue weighted by molar-refractivity contribution is 4.89. The van der Waals surface area contributed by atoms with Crippen LogP contribution in [0.1, 0.15) is 52.9 Å². The van der Waals surface area contributed by atoms with E-state index in [9.17, 15) is 5.11 Å². The molecule has 3 heteroatoms. The van der Waals surface area contributed by atoms with Gasteiger partial charge in [0, 0.05) is 18.7 Å². The molecule has 0 saturated heterocycles. The number of aliphatic hydroxyl groups excluding tert-OH is 1. The molecule has 112 valence electrons. The van der Waals surface area contributed by atoms with Crippen molar-refractivity contribution in [3.05, 3.63) is 0 Å². The van der Waals surface area contributed by atoms with E-state index in [1.165, 1.54) is 32.1 Å². The summed E-state index contributed by atoms with van der Waals surface area (Å²) in [5, 5.41) is 13.1. The average Bonchev–Trinajstić information content (AvgIpc) is 2.93. The molecule has 4 atom stereocenters. The van der Waals surface area contributed by atoms with Crippen molar-refractivity contribution in [2.24, 2.45) is 17.8 Å². The minimum Gasteiger partial charge on any atom is -0.389 e. The molecular weight excluding hydrogens is 238 g/mol. The van der Waals surface area contributed by atoms with E-state index < -0.39 is 0 Å². The molecule has 2 bridgehead atoms. The molecule has 0 aromatic carbocycles. The van der Waals surface area contributed by atoms with Crippen LogP contribution in [-0.4, -0.2) is 36.5 Å². The summed E-state index contributed by atoms with van der Waals surface area (Å²) in [6, 6.07) is 0. The van der Waals surface area contributed by atoms with E-state index in [0.717, 1.165) is 24.4 Å². The summed E-state index contributed by atoms with van der Waals surface area (Å²) in [6.45, 7) is 8.21. The standard InChI is InChI=1S/C16H31NO2/c1-16(2,3)17-10-15(18)11-19-7-6-14-9-12-4-5-13(14)8-12/h12-15,17-18H,4-11H2,1-3H3/t12-,13-,14+,15-/m1/s1. The van der Waals surface area contributed by atoms with Crippen molar-refractivity contribution in [3.63, 3.8) is 0 Å². The molecule has 0 radical (unpaired) electrons. The van der Waals surface area contributed by atoms with Gasteiger partial charge in [0.1, 0.15) is 0 Å². The van der Waals surface area contributed by atoms with Crippen molar-refractivity contribution in [2.45, 2.75) is 64.5 Å². The molecule has 0 aromatic rings. The van der Waals surface area contributed by atoms with Crippen molar-refractivity contribution in [3.8, 4) is 0 Å². The topological polar surface area (TPSA) is 41.5 Å². The SMILES string of the molecule is CC(C)(C)NC[C@@H](O)COCC[C@H]1C[C@@H]2CC[C@@H]1C2. The first-order valence-electron chi connectivity index (χ1n) is 7.95. The maximum Gasteiger partial charge on any atom is 0.0897 e. The fourth-order valence-electron chi connectivity index (χ4n) is 3.67. The van der Waals surface area contributed by atoms with Gasteiger partial charge in [-0.15, -0.1) is 0 Å². The highest BCUT2D eigenvalue weighted by Crippen LogP contribution is 2.49. The molecule has 0 aliphatic heterocycles. The smallest absolute Gasteiger partial charge is 0.0897 e. The predicted octanol–water partition coefficient (Wildman–Crippen LogP) is 2.58. The van der Waals surface area contributed by atoms with Gasteiger partial charge in [0.05, 0.1) is 12.7 Å². The Bertz CT molecular complexity index is 274. The van der Waals surface area contributed by atoms with Gasteiger partial charge in [-0.1, -0.05) is 6.42 Å². The van der Waals surface area contributed by atoms with Crippen molar-refractivity contribution < 1.29 is 9.84 Å². The van der Waals surface area contributed by atoms with Gasteiger partial charge in [0.2, 0.25) is 0 Å². The molecule has 2 saturated carbocycles. The molecule has 19 heavy (non-hydrogen) atoms. The Kier molecular flexibility index (Phi) is 5.27. The maximum absolute atomic E-state index is 9.82. The Balaban J connectivity index is 1.50. The number of hydrogen-bond donors (Lipinski definition) is 2. The zero-order chi connectivity index (χ0) is 13.9. The molecule has 2 fully saturated rings. The highest BCUT2D eigenvalue weighted by Gasteiger charge is 2.38. The summed E-state index contributed by atoms with van der Waals surface area (Å²) in [5.74, 6) is 2.92. The number of aliphatic hydroxyl groups is 1. The minimum absolute atomic E-state index is 0.0596. The second kappa shape index (κ2) is 6.55. The Morgan fingerprint density at radius 1 is 1.26 bits per heavy atom. The third-order valence-electron chi connectivity index (χ3n) is 4.70. The summed E-state index contributed by atoms with van der Waals surface area (Å²) in [5.41, 5.74) is 0.0596. The lowest BCUT2D eigenvalue weighted by molar-refractivity contribution is 0.0265. The van der Waals surface area contributed by atoms with E-state index in [-0.39, 0.29) is 11.6 Å². The van der Waals surface area contributed by atoms with Crippen molar-refractivity contribution in [2.75, 3.05) is 19.8 Å². The Morgan fingerprint density at radius 2 is 2.05 bits per heavy atom. The van der Waals surface area contributed by atoms with Gasteiger partial charge >= 0.3 is 0 Å². The Morgan fingerprint density at radius 3 is 2.63 bits per heavy atom. The van der Waals surface area contributed by atoms with Crippen molar-refractivity contribution >= 4 is 0 Å². The van der Waals surface area contributed by atoms with E-state index in [0.29, 0.717) is 13.2 Å². The van der Waals surface area contributed by atoms with Crippen LogP contribution in [0.3, 0.4) is 0 Å². The number of fused-ring (bicyclic) bond motifs is 2. The van der Waals surface area contributed by atoms with Crippen molar-refractivity contribution in [1.82, 2.24) is 5.32 Å². The maximum atomic E-state index is 9.82. The lowest BCUT2D eigenvalue weighted by Gasteiger charge is -2.23. The highest BCUT2D eigenvalue weighted by atomic mass is 16.5. The van der Waals surface area contributed by atoms with Gasteiger partial charge in [-0.2, -0.15) is 0 Å². The molecule has 2 rings (SSSR count). The van der Waals surface area contributed by atoms with Gasteiger partial charge in [-0.3, -0.25) is 0 Å². The lowest BCUT2D eigenvalue weighted by atomic mass is 9.87. The third-order valence-corrected chi connectivity index (χ3v) is 4.70. The van der Waals surface area contributed by atoms with Crippen LogP contribution in [0, 0.1) is 17.8 Å². The van der Waals surface area contributed by atoms with Crippen LogP contribution < -0.4 is 5.32 Å². The molecule has 2 aliphatic carbocycles. The quantitative estimate of drug-likeness (QED) is 0.698. The Hall–Kier alpha value is -0.120. The molecule has 0 spiro atoms. The third kappa shape index (κ3) is 5.05. The largest absolute Gasteiger partial charge is 0.389 e. The first kappa shape index (κ1) is 15.3. The second-order valence-electron chi connectivity index (χ2n) is 7.58. The molecule has 0 amide bonds. The van der Waals surface area contributed by atoms with Gasteiger partial charge in [0.15, 0.2) is 0 Å². The van der Waals surface area contributed by atoms with E-state index in [2.05, 4.69) is 26.1 Å². The predicted molar refractivity (Wildman–Crippen MR) is 78.1 cm³/mol. The summed E-state index contributed by atoms with van der Waals surface area (Å²) < 4.78 is 5.64. The van der Waals surface area contributed by atoms with E-state index in [1.54, 1.807) is 0 Å². The number of ether oxygens (including phenoxy) is 1. The second-order valence-corrected chi connectivity index (χ2v) is 7.58. The van der Waals surface area contributed by atoms with Crippen LogP contribution in [0.5, 0.6) is 0 Å². The first-order valence-corrected chi connectivity index (χ1v) is 7.95. The van der Waals surface area contributed by atoms with Crippen LogP contribution in [0.15, 0.2) is 0 Å². The number of β-amino-alcohol motifs (C(OH)–C–C–N with tert-alkyl or cyclic N) is 1. The zero-order valence-electron chi connectivity index (χ0n) is 12.8. The number of nitrogens with one attached hydrogen (secondary N) is 1. The van der Waals surface area contributed by atoms with Gasteiger partial charge < -0.3 is 15.2 Å². The summed E-state index contributed by atoms with van der Waals surface area (Å²) >= 11 is 0. The molecular formula is C16H31NO2. The van der Waals surface area contributed by atoms with E-state index in [1.807, 2.05) is 0 Å². The fourth-order valence-corrected chi connectivity index (χ4v) is 3.67. The lowest BCUT2D eigenvalue weighted by Crippen LogP contribution is -2.42. The van der Waals surface area contributed by atoms with Crippen LogP contribution in [0.25, 0.3) is 0 Å². The molecule has 0 heterocycles. The van der Waals surface area contributed by atoms with Gasteiger partial charge in [0.25, 0.3) is 0 Å². The molecule has 2 N–H and O–H groups in total. The number of rotatable bonds is 7. The van der Waals surface area contributed by atoms with E-state index in [4.69, 9.17) is 4.74 Å². The van der Waals surface area contributed by atoms with Crippen molar-refractivity contribution in [1.29, 1.82) is 0 Å². The Labute approximate surface area is 118 Å². The minimum atomic E-state index is -0.390. The summed E-state index contributed by atoms with van der Waals surface area (Å²) in [7, 11) is 0. The molecule has 3 nitrogen and oxygen atoms in total. The van der Waals surface area contributed by atoms with Gasteiger partial charge in [-0.25, -0.2) is 0 Å². The van der Waals surface area contributed by atoms with Crippen LogP contribution in [-0.2, 0) is 4.74 Å². The summed E-state index contributed by atoms with van der Waals surface area (Å²) in [6.07, 6.45) is 6.64. The average molecular weight is 269 g/mol. The van der Waals surface area contributed by atoms with Crippen LogP contribution >= 0.6 is 0 Å². The van der Waals surface area contributed by atoms with E-state index >= 15 is 0 Å². The normalized spacial score (nSPS) is 31.9. The summed E-state index contributed by atoms with van der Waals surface area (Å²) in [4.78, 5) is 0. The zero-order valence-corrected chi connectivity index (χ0v) is 12.8. The first-order chi connectivity index (χ1) is 8.94. The number of hydrogen-bond acceptors (Lipinski definition) is 3. The molecule has 2 aliphatic rings. The molecule has 0 unspecified atom stereocenters. The molecule has 0 aromatic heterocycles. The van der Waals surface area contributed by atoms with Gasteiger partial charge in [-0.05, 0) is 64.2 Å².